The number of carboxylic acid groups (broad SMARTS) is 1. The maximum atomic E-state index is 12.0. The Morgan fingerprint density at radius 1 is 1.29 bits per heavy atom. The average molecular weight is 293 g/mol. The van der Waals surface area contributed by atoms with Gasteiger partial charge < -0.3 is 19.9 Å². The summed E-state index contributed by atoms with van der Waals surface area (Å²) in [5.74, 6) is -1.60. The number of carbonyl (C=O) groups excluding carboxylic acids is 1. The van der Waals surface area contributed by atoms with E-state index >= 15 is 0 Å². The predicted octanol–water partition coefficient (Wildman–Crippen LogP) is 1.76. The topological polar surface area (TPSA) is 84.9 Å². The zero-order valence-electron chi connectivity index (χ0n) is 11.9. The molecule has 0 aliphatic heterocycles. The fourth-order valence-electron chi connectivity index (χ4n) is 2.06. The summed E-state index contributed by atoms with van der Waals surface area (Å²) in [5, 5.41) is 11.6. The quantitative estimate of drug-likeness (QED) is 0.713. The van der Waals surface area contributed by atoms with Gasteiger partial charge in [-0.05, 0) is 18.6 Å². The van der Waals surface area contributed by atoms with Gasteiger partial charge in [0.2, 0.25) is 5.91 Å². The first-order valence-electron chi connectivity index (χ1n) is 6.88. The summed E-state index contributed by atoms with van der Waals surface area (Å²) < 4.78 is 10.5. The Balaban J connectivity index is 1.90. The van der Waals surface area contributed by atoms with Gasteiger partial charge in [-0.1, -0.05) is 12.1 Å². The van der Waals surface area contributed by atoms with Crippen LogP contribution in [0.4, 0.5) is 5.69 Å². The van der Waals surface area contributed by atoms with E-state index in [4.69, 9.17) is 14.6 Å². The largest absolute Gasteiger partial charge is 0.491 e. The maximum absolute atomic E-state index is 12.0. The van der Waals surface area contributed by atoms with Crippen LogP contribution in [-0.2, 0) is 14.3 Å². The third kappa shape index (κ3) is 4.19. The smallest absolute Gasteiger partial charge is 0.307 e. The van der Waals surface area contributed by atoms with Gasteiger partial charge in [-0.2, -0.15) is 0 Å². The molecular formula is C15H19NO5. The molecule has 6 nitrogen and oxygen atoms in total. The zero-order valence-corrected chi connectivity index (χ0v) is 11.9. The molecule has 1 aromatic carbocycles. The summed E-state index contributed by atoms with van der Waals surface area (Å²) in [6.07, 6.45) is 1.15. The van der Waals surface area contributed by atoms with E-state index in [9.17, 15) is 9.59 Å². The molecule has 2 unspecified atom stereocenters. The van der Waals surface area contributed by atoms with Crippen molar-refractivity contribution in [1.29, 1.82) is 0 Å². The van der Waals surface area contributed by atoms with Crippen molar-refractivity contribution in [2.24, 2.45) is 11.8 Å². The number of hydrogen-bond acceptors (Lipinski definition) is 4. The molecule has 2 rings (SSSR count). The van der Waals surface area contributed by atoms with E-state index in [2.05, 4.69) is 5.32 Å². The van der Waals surface area contributed by atoms with Crippen molar-refractivity contribution < 1.29 is 24.2 Å². The molecule has 0 heterocycles. The van der Waals surface area contributed by atoms with E-state index in [1.165, 1.54) is 0 Å². The van der Waals surface area contributed by atoms with E-state index in [1.807, 2.05) is 6.07 Å². The van der Waals surface area contributed by atoms with Gasteiger partial charge in [0.05, 0.1) is 24.1 Å². The van der Waals surface area contributed by atoms with Crippen molar-refractivity contribution in [2.75, 3.05) is 25.6 Å². The summed E-state index contributed by atoms with van der Waals surface area (Å²) in [5.41, 5.74) is 0.566. The summed E-state index contributed by atoms with van der Waals surface area (Å²) in [7, 11) is 1.63. The Morgan fingerprint density at radius 3 is 2.71 bits per heavy atom. The lowest BCUT2D eigenvalue weighted by Crippen LogP contribution is -2.17. The standard InChI is InChI=1S/C15H19NO5/c1-20-7-4-8-21-13-6-3-2-5-12(13)16-14(17)10-9-11(10)15(18)19/h2-3,5-6,10-11H,4,7-9H2,1H3,(H,16,17)(H,18,19). The van der Waals surface area contributed by atoms with Crippen molar-refractivity contribution in [3.05, 3.63) is 24.3 Å². The molecule has 2 N–H and O–H groups in total. The zero-order chi connectivity index (χ0) is 15.2. The minimum absolute atomic E-state index is 0.268. The van der Waals surface area contributed by atoms with E-state index in [-0.39, 0.29) is 5.91 Å². The molecule has 1 aromatic rings. The lowest BCUT2D eigenvalue weighted by atomic mass is 10.2. The highest BCUT2D eigenvalue weighted by Crippen LogP contribution is 2.40. The predicted molar refractivity (Wildman–Crippen MR) is 76.3 cm³/mol. The van der Waals surface area contributed by atoms with Gasteiger partial charge in [-0.25, -0.2) is 0 Å². The number of methoxy groups -OCH3 is 1. The highest BCUT2D eigenvalue weighted by Gasteiger charge is 2.48. The third-order valence-corrected chi connectivity index (χ3v) is 3.34. The molecule has 0 radical (unpaired) electrons. The van der Waals surface area contributed by atoms with Crippen LogP contribution in [-0.4, -0.2) is 37.3 Å². The Labute approximate surface area is 123 Å². The minimum atomic E-state index is -0.917. The van der Waals surface area contributed by atoms with Gasteiger partial charge in [-0.15, -0.1) is 0 Å². The van der Waals surface area contributed by atoms with Crippen molar-refractivity contribution in [3.8, 4) is 5.75 Å². The van der Waals surface area contributed by atoms with Crippen LogP contribution in [0.25, 0.3) is 0 Å². The van der Waals surface area contributed by atoms with E-state index in [1.54, 1.807) is 25.3 Å². The van der Waals surface area contributed by atoms with Crippen LogP contribution in [0.1, 0.15) is 12.8 Å². The summed E-state index contributed by atoms with van der Waals surface area (Å²) in [6, 6.07) is 7.11. The molecule has 1 amide bonds. The third-order valence-electron chi connectivity index (χ3n) is 3.34. The van der Waals surface area contributed by atoms with Gasteiger partial charge in [0.15, 0.2) is 0 Å². The maximum Gasteiger partial charge on any atom is 0.307 e. The van der Waals surface area contributed by atoms with E-state index in [0.29, 0.717) is 31.1 Å². The summed E-state index contributed by atoms with van der Waals surface area (Å²) >= 11 is 0. The van der Waals surface area contributed by atoms with Gasteiger partial charge in [0.1, 0.15) is 5.75 Å². The van der Waals surface area contributed by atoms with Crippen LogP contribution < -0.4 is 10.1 Å². The van der Waals surface area contributed by atoms with Gasteiger partial charge >= 0.3 is 5.97 Å². The summed E-state index contributed by atoms with van der Waals surface area (Å²) in [6.45, 7) is 1.10. The lowest BCUT2D eigenvalue weighted by Gasteiger charge is -2.12. The molecule has 1 fully saturated rings. The molecule has 1 saturated carbocycles. The highest BCUT2D eigenvalue weighted by atomic mass is 16.5. The molecule has 0 saturated heterocycles. The van der Waals surface area contributed by atoms with E-state index < -0.39 is 17.8 Å². The Kier molecular flexibility index (Phi) is 5.16. The molecule has 0 bridgehead atoms. The fraction of sp³-hybridized carbons (Fsp3) is 0.467. The Hall–Kier alpha value is -2.08. The van der Waals surface area contributed by atoms with Crippen molar-refractivity contribution >= 4 is 17.6 Å². The molecule has 114 valence electrons. The molecule has 0 spiro atoms. The molecule has 1 aliphatic rings. The van der Waals surface area contributed by atoms with Crippen LogP contribution in [0.5, 0.6) is 5.75 Å². The molecule has 2 atom stereocenters. The van der Waals surface area contributed by atoms with Crippen LogP contribution in [0.15, 0.2) is 24.3 Å². The van der Waals surface area contributed by atoms with Gasteiger partial charge in [0.25, 0.3) is 0 Å². The second-order valence-corrected chi connectivity index (χ2v) is 4.97. The Morgan fingerprint density at radius 2 is 2.05 bits per heavy atom. The van der Waals surface area contributed by atoms with Crippen LogP contribution in [0.3, 0.4) is 0 Å². The number of amides is 1. The number of carbonyl (C=O) groups is 2. The van der Waals surface area contributed by atoms with Crippen molar-refractivity contribution in [3.63, 3.8) is 0 Å². The van der Waals surface area contributed by atoms with Gasteiger partial charge in [-0.3, -0.25) is 9.59 Å². The number of ether oxygens (including phenoxy) is 2. The first-order valence-corrected chi connectivity index (χ1v) is 6.88. The minimum Gasteiger partial charge on any atom is -0.491 e. The number of aliphatic carboxylic acids is 1. The van der Waals surface area contributed by atoms with Crippen molar-refractivity contribution in [2.45, 2.75) is 12.8 Å². The molecule has 1 aliphatic carbocycles. The first-order chi connectivity index (χ1) is 10.1. The number of anilines is 1. The SMILES string of the molecule is COCCCOc1ccccc1NC(=O)C1CC1C(=O)O. The van der Waals surface area contributed by atoms with Crippen LogP contribution in [0.2, 0.25) is 0 Å². The second-order valence-electron chi connectivity index (χ2n) is 4.97. The molecule has 21 heavy (non-hydrogen) atoms. The van der Waals surface area contributed by atoms with Crippen LogP contribution >= 0.6 is 0 Å². The number of carboxylic acids is 1. The normalized spacial score (nSPS) is 19.9. The summed E-state index contributed by atoms with van der Waals surface area (Å²) in [4.78, 5) is 22.8. The monoisotopic (exact) mass is 293 g/mol. The fourth-order valence-corrected chi connectivity index (χ4v) is 2.06. The first kappa shape index (κ1) is 15.3. The Bertz CT molecular complexity index is 517. The van der Waals surface area contributed by atoms with Crippen LogP contribution in [0, 0.1) is 11.8 Å². The number of nitrogens with one attached hydrogen (secondary N) is 1. The second kappa shape index (κ2) is 7.08. The molecular weight excluding hydrogens is 274 g/mol. The van der Waals surface area contributed by atoms with Gasteiger partial charge in [0, 0.05) is 20.1 Å². The number of benzene rings is 1. The van der Waals surface area contributed by atoms with Crippen molar-refractivity contribution in [1.82, 2.24) is 0 Å². The average Bonchev–Trinajstić information content (AvgIpc) is 3.26. The molecule has 0 aromatic heterocycles. The lowest BCUT2D eigenvalue weighted by molar-refractivity contribution is -0.139. The number of hydrogen-bond donors (Lipinski definition) is 2. The van der Waals surface area contributed by atoms with E-state index in [0.717, 1.165) is 6.42 Å². The molecule has 6 heteroatoms. The highest BCUT2D eigenvalue weighted by molar-refractivity contribution is 5.99. The number of para-hydroxylation sites is 2. The number of rotatable bonds is 8.